The van der Waals surface area contributed by atoms with Crippen molar-refractivity contribution in [2.75, 3.05) is 6.54 Å². The number of nitrogens with zero attached hydrogens (tertiary/aromatic N) is 2. The highest BCUT2D eigenvalue weighted by atomic mass is 35.5. The Morgan fingerprint density at radius 1 is 1.41 bits per heavy atom. The first kappa shape index (κ1) is 12.8. The van der Waals surface area contributed by atoms with Gasteiger partial charge in [-0.05, 0) is 51.5 Å². The van der Waals surface area contributed by atoms with Gasteiger partial charge < -0.3 is 9.84 Å². The molecule has 1 aliphatic heterocycles. The van der Waals surface area contributed by atoms with Crippen LogP contribution in [-0.4, -0.2) is 16.7 Å². The lowest BCUT2D eigenvalue weighted by atomic mass is 9.91. The van der Waals surface area contributed by atoms with Crippen molar-refractivity contribution in [2.24, 2.45) is 5.92 Å². The van der Waals surface area contributed by atoms with Crippen LogP contribution in [0.25, 0.3) is 0 Å². The number of rotatable bonds is 3. The highest BCUT2D eigenvalue weighted by Gasteiger charge is 2.34. The number of aromatic nitrogens is 2. The molecule has 1 aliphatic carbocycles. The van der Waals surface area contributed by atoms with E-state index in [0.29, 0.717) is 0 Å². The van der Waals surface area contributed by atoms with Gasteiger partial charge in [-0.15, -0.1) is 12.4 Å². The smallest absolute Gasteiger partial charge is 0.246 e. The van der Waals surface area contributed by atoms with Crippen LogP contribution in [0, 0.1) is 5.92 Å². The van der Waals surface area contributed by atoms with Gasteiger partial charge in [-0.1, -0.05) is 5.16 Å². The van der Waals surface area contributed by atoms with E-state index in [1.54, 1.807) is 0 Å². The molecule has 1 saturated carbocycles. The van der Waals surface area contributed by atoms with Gasteiger partial charge in [0, 0.05) is 6.42 Å². The number of nitrogens with one attached hydrogen (secondary N) is 1. The summed E-state index contributed by atoms with van der Waals surface area (Å²) < 4.78 is 5.41. The van der Waals surface area contributed by atoms with Crippen LogP contribution in [0.5, 0.6) is 0 Å². The second-order valence-electron chi connectivity index (χ2n) is 5.38. The van der Waals surface area contributed by atoms with Gasteiger partial charge in [0.1, 0.15) is 0 Å². The summed E-state index contributed by atoms with van der Waals surface area (Å²) >= 11 is 0. The molecule has 2 fully saturated rings. The van der Waals surface area contributed by atoms with Crippen molar-refractivity contribution in [3.63, 3.8) is 0 Å². The predicted octanol–water partition coefficient (Wildman–Crippen LogP) is 2.43. The van der Waals surface area contributed by atoms with E-state index < -0.39 is 0 Å². The van der Waals surface area contributed by atoms with Gasteiger partial charge in [-0.3, -0.25) is 0 Å². The normalized spacial score (nSPS) is 28.8. The van der Waals surface area contributed by atoms with E-state index in [4.69, 9.17) is 4.52 Å². The molecule has 5 heteroatoms. The molecule has 0 radical (unpaired) electrons. The topological polar surface area (TPSA) is 51.0 Å². The molecule has 3 rings (SSSR count). The Morgan fingerprint density at radius 2 is 2.24 bits per heavy atom. The SMILES string of the molecule is CC1(c2nc(CC3CC3)no2)CCCCN1.Cl. The van der Waals surface area contributed by atoms with Gasteiger partial charge in [0.05, 0.1) is 5.54 Å². The van der Waals surface area contributed by atoms with Crippen molar-refractivity contribution in [1.29, 1.82) is 0 Å². The fourth-order valence-electron chi connectivity index (χ4n) is 2.38. The maximum absolute atomic E-state index is 5.41. The Morgan fingerprint density at radius 3 is 2.88 bits per heavy atom. The molecule has 96 valence electrons. The van der Waals surface area contributed by atoms with Gasteiger partial charge in [0.2, 0.25) is 5.89 Å². The van der Waals surface area contributed by atoms with Gasteiger partial charge in [0.15, 0.2) is 5.82 Å². The van der Waals surface area contributed by atoms with E-state index in [0.717, 1.165) is 37.0 Å². The molecule has 0 amide bonds. The fraction of sp³-hybridized carbons (Fsp3) is 0.833. The average Bonchev–Trinajstić information content (AvgIpc) is 2.95. The van der Waals surface area contributed by atoms with Crippen molar-refractivity contribution < 1.29 is 4.52 Å². The molecule has 0 aromatic carbocycles. The second-order valence-corrected chi connectivity index (χ2v) is 5.38. The minimum atomic E-state index is -0.0902. The third kappa shape index (κ3) is 2.80. The molecule has 0 bridgehead atoms. The molecular formula is C12H20ClN3O. The first-order chi connectivity index (χ1) is 7.76. The Kier molecular flexibility index (Phi) is 3.73. The fourth-order valence-corrected chi connectivity index (χ4v) is 2.38. The summed E-state index contributed by atoms with van der Waals surface area (Å²) in [5.74, 6) is 2.49. The average molecular weight is 258 g/mol. The maximum Gasteiger partial charge on any atom is 0.246 e. The van der Waals surface area contributed by atoms with E-state index in [-0.39, 0.29) is 17.9 Å². The first-order valence-corrected chi connectivity index (χ1v) is 6.34. The molecule has 2 heterocycles. The highest BCUT2D eigenvalue weighted by Crippen LogP contribution is 2.33. The largest absolute Gasteiger partial charge is 0.337 e. The zero-order valence-electron chi connectivity index (χ0n) is 10.2. The summed E-state index contributed by atoms with van der Waals surface area (Å²) in [6.45, 7) is 3.22. The van der Waals surface area contributed by atoms with Crippen LogP contribution in [0.2, 0.25) is 0 Å². The summed E-state index contributed by atoms with van der Waals surface area (Å²) in [6, 6.07) is 0. The van der Waals surface area contributed by atoms with Crippen LogP contribution in [0.1, 0.15) is 50.7 Å². The molecule has 1 aromatic heterocycles. The minimum Gasteiger partial charge on any atom is -0.337 e. The Labute approximate surface area is 108 Å². The van der Waals surface area contributed by atoms with Crippen LogP contribution < -0.4 is 5.32 Å². The Hall–Kier alpha value is -0.610. The van der Waals surface area contributed by atoms with Gasteiger partial charge >= 0.3 is 0 Å². The molecule has 1 saturated heterocycles. The summed E-state index contributed by atoms with van der Waals surface area (Å²) in [5.41, 5.74) is -0.0902. The number of piperidine rings is 1. The third-order valence-electron chi connectivity index (χ3n) is 3.73. The van der Waals surface area contributed by atoms with Gasteiger partial charge in [-0.2, -0.15) is 4.98 Å². The summed E-state index contributed by atoms with van der Waals surface area (Å²) in [7, 11) is 0. The lowest BCUT2D eigenvalue weighted by molar-refractivity contribution is 0.206. The van der Waals surface area contributed by atoms with Crippen LogP contribution in [0.4, 0.5) is 0 Å². The van der Waals surface area contributed by atoms with Crippen LogP contribution in [-0.2, 0) is 12.0 Å². The zero-order chi connectivity index (χ0) is 11.0. The molecular weight excluding hydrogens is 238 g/mol. The summed E-state index contributed by atoms with van der Waals surface area (Å²) in [6.07, 6.45) is 7.25. The minimum absolute atomic E-state index is 0. The Balaban J connectivity index is 0.00000108. The molecule has 1 unspecified atom stereocenters. The quantitative estimate of drug-likeness (QED) is 0.904. The third-order valence-corrected chi connectivity index (χ3v) is 3.73. The molecule has 0 spiro atoms. The Bertz CT molecular complexity index is 370. The summed E-state index contributed by atoms with van der Waals surface area (Å²) in [4.78, 5) is 4.55. The molecule has 4 nitrogen and oxygen atoms in total. The molecule has 1 aromatic rings. The van der Waals surface area contributed by atoms with Gasteiger partial charge in [-0.25, -0.2) is 0 Å². The van der Waals surface area contributed by atoms with Crippen LogP contribution >= 0.6 is 12.4 Å². The maximum atomic E-state index is 5.41. The van der Waals surface area contributed by atoms with E-state index in [1.807, 2.05) is 0 Å². The number of halogens is 1. The predicted molar refractivity (Wildman–Crippen MR) is 67.2 cm³/mol. The highest BCUT2D eigenvalue weighted by molar-refractivity contribution is 5.85. The number of hydrogen-bond donors (Lipinski definition) is 1. The van der Waals surface area contributed by atoms with Crippen LogP contribution in [0.15, 0.2) is 4.52 Å². The summed E-state index contributed by atoms with van der Waals surface area (Å²) in [5, 5.41) is 7.59. The van der Waals surface area contributed by atoms with Crippen molar-refractivity contribution in [3.8, 4) is 0 Å². The zero-order valence-corrected chi connectivity index (χ0v) is 11.1. The molecule has 2 aliphatic rings. The second kappa shape index (κ2) is 4.94. The monoisotopic (exact) mass is 257 g/mol. The van der Waals surface area contributed by atoms with E-state index in [1.165, 1.54) is 25.7 Å². The number of hydrogen-bond acceptors (Lipinski definition) is 4. The molecule has 1 atom stereocenters. The van der Waals surface area contributed by atoms with Crippen LogP contribution in [0.3, 0.4) is 0 Å². The van der Waals surface area contributed by atoms with Crippen molar-refractivity contribution in [3.05, 3.63) is 11.7 Å². The standard InChI is InChI=1S/C12H19N3O.ClH/c1-12(6-2-3-7-13-12)11-14-10(15-16-11)8-9-4-5-9;/h9,13H,2-8H2,1H3;1H. The van der Waals surface area contributed by atoms with E-state index in [9.17, 15) is 0 Å². The first-order valence-electron chi connectivity index (χ1n) is 6.34. The van der Waals surface area contributed by atoms with E-state index in [2.05, 4.69) is 22.4 Å². The lowest BCUT2D eigenvalue weighted by Crippen LogP contribution is -2.43. The van der Waals surface area contributed by atoms with Crippen molar-refractivity contribution >= 4 is 12.4 Å². The van der Waals surface area contributed by atoms with Crippen molar-refractivity contribution in [2.45, 2.75) is 51.0 Å². The van der Waals surface area contributed by atoms with E-state index >= 15 is 0 Å². The molecule has 17 heavy (non-hydrogen) atoms. The molecule has 1 N–H and O–H groups in total. The van der Waals surface area contributed by atoms with Crippen molar-refractivity contribution in [1.82, 2.24) is 15.5 Å². The van der Waals surface area contributed by atoms with Gasteiger partial charge in [0.25, 0.3) is 0 Å². The lowest BCUT2D eigenvalue weighted by Gasteiger charge is -2.31.